The normalized spacial score (nSPS) is 10.1. The summed E-state index contributed by atoms with van der Waals surface area (Å²) in [5.41, 5.74) is 2.05. The Labute approximate surface area is 149 Å². The van der Waals surface area contributed by atoms with E-state index < -0.39 is 0 Å². The van der Waals surface area contributed by atoms with E-state index in [0.29, 0.717) is 34.3 Å². The van der Waals surface area contributed by atoms with Crippen LogP contribution in [0.2, 0.25) is 0 Å². The highest BCUT2D eigenvalue weighted by molar-refractivity contribution is 9.10. The van der Waals surface area contributed by atoms with Gasteiger partial charge in [0.05, 0.1) is 25.3 Å². The highest BCUT2D eigenvalue weighted by Crippen LogP contribution is 2.22. The van der Waals surface area contributed by atoms with Gasteiger partial charge in [-0.1, -0.05) is 12.1 Å². The Morgan fingerprint density at radius 3 is 2.42 bits per heavy atom. The van der Waals surface area contributed by atoms with Gasteiger partial charge >= 0.3 is 5.97 Å². The molecule has 126 valence electrons. The van der Waals surface area contributed by atoms with Gasteiger partial charge in [0.25, 0.3) is 5.91 Å². The Kier molecular flexibility index (Phi) is 6.37. The van der Waals surface area contributed by atoms with Crippen LogP contribution in [0.3, 0.4) is 0 Å². The summed E-state index contributed by atoms with van der Waals surface area (Å²) in [5.74, 6) is 0.0893. The van der Waals surface area contributed by atoms with E-state index in [2.05, 4.69) is 26.0 Å². The number of hydrogen-bond acceptors (Lipinski definition) is 4. The van der Waals surface area contributed by atoms with E-state index in [-0.39, 0.29) is 11.9 Å². The van der Waals surface area contributed by atoms with Crippen LogP contribution < -0.4 is 10.1 Å². The number of benzene rings is 2. The lowest BCUT2D eigenvalue weighted by molar-refractivity contribution is 0.0600. The molecule has 2 aromatic carbocycles. The van der Waals surface area contributed by atoms with Crippen molar-refractivity contribution in [2.75, 3.05) is 20.8 Å². The maximum atomic E-state index is 12.2. The molecule has 5 nitrogen and oxygen atoms in total. The van der Waals surface area contributed by atoms with E-state index in [4.69, 9.17) is 4.74 Å². The second kappa shape index (κ2) is 8.49. The summed E-state index contributed by atoms with van der Waals surface area (Å²) in [4.78, 5) is 23.6. The molecule has 0 aliphatic carbocycles. The summed E-state index contributed by atoms with van der Waals surface area (Å²) in [6.45, 7) is 0.486. The van der Waals surface area contributed by atoms with Crippen molar-refractivity contribution in [2.24, 2.45) is 0 Å². The molecule has 0 aliphatic heterocycles. The molecule has 0 unspecified atom stereocenters. The highest BCUT2D eigenvalue weighted by Gasteiger charge is 2.11. The van der Waals surface area contributed by atoms with Crippen molar-refractivity contribution in [1.82, 2.24) is 5.32 Å². The largest absolute Gasteiger partial charge is 0.497 e. The van der Waals surface area contributed by atoms with Gasteiger partial charge in [0.2, 0.25) is 0 Å². The second-order valence-corrected chi connectivity index (χ2v) is 5.89. The molecule has 0 bridgehead atoms. The van der Waals surface area contributed by atoms with Crippen LogP contribution in [0.15, 0.2) is 46.9 Å². The van der Waals surface area contributed by atoms with Crippen molar-refractivity contribution in [3.05, 3.63) is 63.6 Å². The number of hydrogen-bond donors (Lipinski definition) is 1. The Bertz CT molecular complexity index is 728. The first-order valence-electron chi connectivity index (χ1n) is 7.34. The van der Waals surface area contributed by atoms with Crippen LogP contribution in [0.25, 0.3) is 0 Å². The lowest BCUT2D eigenvalue weighted by atomic mass is 10.1. The van der Waals surface area contributed by atoms with E-state index in [1.807, 2.05) is 12.1 Å². The molecule has 0 saturated carbocycles. The van der Waals surface area contributed by atoms with Crippen molar-refractivity contribution in [3.8, 4) is 5.75 Å². The minimum atomic E-state index is -0.363. The number of halogens is 1. The number of carbonyl (C=O) groups excluding carboxylic acids is 2. The fraction of sp³-hybridized carbons (Fsp3) is 0.222. The van der Waals surface area contributed by atoms with Crippen LogP contribution in [0.5, 0.6) is 5.75 Å². The van der Waals surface area contributed by atoms with Gasteiger partial charge in [-0.05, 0) is 58.2 Å². The molecule has 2 aromatic rings. The van der Waals surface area contributed by atoms with Gasteiger partial charge in [-0.3, -0.25) is 4.79 Å². The minimum absolute atomic E-state index is 0.174. The zero-order chi connectivity index (χ0) is 17.5. The van der Waals surface area contributed by atoms with Crippen LogP contribution in [-0.2, 0) is 11.2 Å². The van der Waals surface area contributed by atoms with E-state index in [9.17, 15) is 9.59 Å². The fourth-order valence-electron chi connectivity index (χ4n) is 2.15. The van der Waals surface area contributed by atoms with Crippen molar-refractivity contribution in [3.63, 3.8) is 0 Å². The minimum Gasteiger partial charge on any atom is -0.497 e. The van der Waals surface area contributed by atoms with Gasteiger partial charge < -0.3 is 14.8 Å². The third-order valence-electron chi connectivity index (χ3n) is 3.49. The third-order valence-corrected chi connectivity index (χ3v) is 4.18. The smallest absolute Gasteiger partial charge is 0.337 e. The summed E-state index contributed by atoms with van der Waals surface area (Å²) < 4.78 is 10.5. The molecule has 1 N–H and O–H groups in total. The van der Waals surface area contributed by atoms with E-state index in [0.717, 1.165) is 5.56 Å². The van der Waals surface area contributed by atoms with Crippen molar-refractivity contribution in [2.45, 2.75) is 6.42 Å². The average molecular weight is 392 g/mol. The Morgan fingerprint density at radius 1 is 1.08 bits per heavy atom. The molecular formula is C18H18BrNO4. The summed E-state index contributed by atoms with van der Waals surface area (Å²) in [6.07, 6.45) is 0.661. The van der Waals surface area contributed by atoms with Gasteiger partial charge in [-0.2, -0.15) is 0 Å². The molecule has 0 radical (unpaired) electrons. The van der Waals surface area contributed by atoms with Gasteiger partial charge in [-0.15, -0.1) is 0 Å². The highest BCUT2D eigenvalue weighted by atomic mass is 79.9. The van der Waals surface area contributed by atoms with E-state index >= 15 is 0 Å². The monoisotopic (exact) mass is 391 g/mol. The summed E-state index contributed by atoms with van der Waals surface area (Å²) in [7, 11) is 2.91. The maximum absolute atomic E-state index is 12.2. The molecule has 6 heteroatoms. The lowest BCUT2D eigenvalue weighted by Crippen LogP contribution is -2.26. The van der Waals surface area contributed by atoms with Crippen molar-refractivity contribution >= 4 is 27.8 Å². The molecule has 0 saturated heterocycles. The lowest BCUT2D eigenvalue weighted by Gasteiger charge is -2.09. The summed E-state index contributed by atoms with van der Waals surface area (Å²) >= 11 is 3.37. The van der Waals surface area contributed by atoms with Gasteiger partial charge in [0.1, 0.15) is 5.75 Å². The summed E-state index contributed by atoms with van der Waals surface area (Å²) in [5, 5.41) is 2.87. The van der Waals surface area contributed by atoms with Gasteiger partial charge in [-0.25, -0.2) is 4.79 Å². The van der Waals surface area contributed by atoms with Crippen molar-refractivity contribution < 1.29 is 19.1 Å². The van der Waals surface area contributed by atoms with Crippen LogP contribution in [0.1, 0.15) is 26.3 Å². The molecule has 0 heterocycles. The third kappa shape index (κ3) is 4.58. The first kappa shape index (κ1) is 18.0. The molecule has 0 fully saturated rings. The maximum Gasteiger partial charge on any atom is 0.337 e. The molecule has 24 heavy (non-hydrogen) atoms. The number of amides is 1. The molecule has 2 rings (SSSR count). The van der Waals surface area contributed by atoms with E-state index in [1.165, 1.54) is 7.11 Å². The first-order chi connectivity index (χ1) is 11.5. The summed E-state index contributed by atoms with van der Waals surface area (Å²) in [6, 6.07) is 12.4. The van der Waals surface area contributed by atoms with Gasteiger partial charge in [0.15, 0.2) is 0 Å². The standard InChI is InChI=1S/C18H18BrNO4/c1-23-14-7-8-16(19)15(11-14)17(21)20-10-9-12-3-5-13(6-4-12)18(22)24-2/h3-8,11H,9-10H2,1-2H3,(H,20,21). The Hall–Kier alpha value is -2.34. The molecule has 0 atom stereocenters. The zero-order valence-corrected chi connectivity index (χ0v) is 15.1. The number of esters is 1. The topological polar surface area (TPSA) is 64.6 Å². The first-order valence-corrected chi connectivity index (χ1v) is 8.13. The average Bonchev–Trinajstić information content (AvgIpc) is 2.62. The zero-order valence-electron chi connectivity index (χ0n) is 13.5. The SMILES string of the molecule is COC(=O)c1ccc(CCNC(=O)c2cc(OC)ccc2Br)cc1. The second-order valence-electron chi connectivity index (χ2n) is 5.04. The predicted octanol–water partition coefficient (Wildman–Crippen LogP) is 3.22. The van der Waals surface area contributed by atoms with Crippen molar-refractivity contribution in [1.29, 1.82) is 0 Å². The molecular weight excluding hydrogens is 374 g/mol. The number of nitrogens with one attached hydrogen (secondary N) is 1. The van der Waals surface area contributed by atoms with Crippen LogP contribution in [-0.4, -0.2) is 32.6 Å². The van der Waals surface area contributed by atoms with Crippen LogP contribution in [0.4, 0.5) is 0 Å². The van der Waals surface area contributed by atoms with Crippen LogP contribution >= 0.6 is 15.9 Å². The van der Waals surface area contributed by atoms with Crippen LogP contribution in [0, 0.1) is 0 Å². The molecule has 0 aliphatic rings. The fourth-order valence-corrected chi connectivity index (χ4v) is 2.57. The van der Waals surface area contributed by atoms with Gasteiger partial charge in [0, 0.05) is 11.0 Å². The number of ether oxygens (including phenoxy) is 2. The number of rotatable bonds is 6. The quantitative estimate of drug-likeness (QED) is 0.767. The predicted molar refractivity (Wildman–Crippen MR) is 94.5 cm³/mol. The Morgan fingerprint density at radius 2 is 1.79 bits per heavy atom. The molecule has 1 amide bonds. The molecule has 0 aromatic heterocycles. The number of methoxy groups -OCH3 is 2. The number of carbonyl (C=O) groups is 2. The molecule has 0 spiro atoms. The Balaban J connectivity index is 1.92. The van der Waals surface area contributed by atoms with E-state index in [1.54, 1.807) is 37.4 Å².